The molecule has 1 aliphatic heterocycles. The molecular formula is C26H23NO6. The lowest BCUT2D eigenvalue weighted by molar-refractivity contribution is -0.132. The van der Waals surface area contributed by atoms with Crippen LogP contribution in [0.1, 0.15) is 22.7 Å². The number of rotatable bonds is 5. The van der Waals surface area contributed by atoms with Gasteiger partial charge in [-0.05, 0) is 72.6 Å². The molecule has 2 N–H and O–H groups in total. The maximum atomic E-state index is 13.2. The quantitative estimate of drug-likeness (QED) is 0.345. The van der Waals surface area contributed by atoms with Crippen LogP contribution in [0.3, 0.4) is 0 Å². The van der Waals surface area contributed by atoms with E-state index >= 15 is 0 Å². The second-order valence-corrected chi connectivity index (χ2v) is 7.64. The number of hydrogen-bond acceptors (Lipinski definition) is 6. The first-order valence-corrected chi connectivity index (χ1v) is 10.2. The molecule has 7 heteroatoms. The van der Waals surface area contributed by atoms with Gasteiger partial charge in [0.1, 0.15) is 23.0 Å². The van der Waals surface area contributed by atoms with E-state index in [9.17, 15) is 19.8 Å². The van der Waals surface area contributed by atoms with E-state index < -0.39 is 17.7 Å². The summed E-state index contributed by atoms with van der Waals surface area (Å²) in [5.74, 6) is -0.551. The number of Topliss-reactive ketones (excluding diaryl/α,β-unsaturated/α-hetero) is 1. The summed E-state index contributed by atoms with van der Waals surface area (Å²) in [6, 6.07) is 17.1. The molecule has 1 aliphatic rings. The number of aromatic hydroxyl groups is 1. The standard InChI is InChI=1S/C26H23NO6/c1-15-14-17(6-13-21(15)33-3)24(29)22-23(16-4-9-19(28)10-5-16)27(26(31)25(22)30)18-7-11-20(32-2)12-8-18/h4-14,23,28-29H,1-3H3/b24-22-. The highest BCUT2D eigenvalue weighted by atomic mass is 16.5. The van der Waals surface area contributed by atoms with E-state index in [2.05, 4.69) is 0 Å². The number of phenols is 1. The first kappa shape index (κ1) is 22.0. The van der Waals surface area contributed by atoms with Crippen LogP contribution in [0.2, 0.25) is 0 Å². The topological polar surface area (TPSA) is 96.3 Å². The Labute approximate surface area is 191 Å². The number of aliphatic hydroxyl groups is 1. The van der Waals surface area contributed by atoms with Crippen molar-refractivity contribution < 1.29 is 29.3 Å². The van der Waals surface area contributed by atoms with Gasteiger partial charge in [0.25, 0.3) is 11.7 Å². The van der Waals surface area contributed by atoms with Gasteiger partial charge in [0.15, 0.2) is 0 Å². The molecular weight excluding hydrogens is 422 g/mol. The highest BCUT2D eigenvalue weighted by molar-refractivity contribution is 6.51. The molecule has 0 spiro atoms. The van der Waals surface area contributed by atoms with Gasteiger partial charge < -0.3 is 19.7 Å². The number of anilines is 1. The second kappa shape index (κ2) is 8.70. The Morgan fingerprint density at radius 2 is 1.58 bits per heavy atom. The molecule has 1 amide bonds. The van der Waals surface area contributed by atoms with Crippen molar-refractivity contribution in [2.75, 3.05) is 19.1 Å². The number of carbonyl (C=O) groups excluding carboxylic acids is 2. The van der Waals surface area contributed by atoms with Gasteiger partial charge in [-0.3, -0.25) is 14.5 Å². The Balaban J connectivity index is 1.91. The summed E-state index contributed by atoms with van der Waals surface area (Å²) in [5.41, 5.74) is 2.17. The number of benzene rings is 3. The summed E-state index contributed by atoms with van der Waals surface area (Å²) in [4.78, 5) is 27.7. The SMILES string of the molecule is COc1ccc(N2C(=O)C(=O)/C(=C(\O)c3ccc(OC)c(C)c3)C2c2ccc(O)cc2)cc1. The van der Waals surface area contributed by atoms with Crippen LogP contribution < -0.4 is 14.4 Å². The van der Waals surface area contributed by atoms with Crippen LogP contribution in [-0.4, -0.2) is 36.1 Å². The molecule has 1 saturated heterocycles. The van der Waals surface area contributed by atoms with Gasteiger partial charge in [-0.1, -0.05) is 12.1 Å². The zero-order valence-electron chi connectivity index (χ0n) is 18.4. The number of carbonyl (C=O) groups is 2. The van der Waals surface area contributed by atoms with Gasteiger partial charge in [-0.2, -0.15) is 0 Å². The summed E-state index contributed by atoms with van der Waals surface area (Å²) in [5, 5.41) is 20.9. The zero-order chi connectivity index (χ0) is 23.7. The fourth-order valence-electron chi connectivity index (χ4n) is 3.99. The lowest BCUT2D eigenvalue weighted by atomic mass is 9.94. The van der Waals surface area contributed by atoms with Crippen LogP contribution in [0.4, 0.5) is 5.69 Å². The third kappa shape index (κ3) is 3.89. The number of aryl methyl sites for hydroxylation is 1. The maximum Gasteiger partial charge on any atom is 0.300 e. The minimum absolute atomic E-state index is 0.0360. The van der Waals surface area contributed by atoms with Gasteiger partial charge in [-0.25, -0.2) is 0 Å². The number of ketones is 1. The zero-order valence-corrected chi connectivity index (χ0v) is 18.4. The average molecular weight is 445 g/mol. The van der Waals surface area contributed by atoms with E-state index in [1.165, 1.54) is 24.1 Å². The lowest BCUT2D eigenvalue weighted by Gasteiger charge is -2.25. The van der Waals surface area contributed by atoms with Gasteiger partial charge in [0, 0.05) is 11.3 Å². The number of nitrogens with zero attached hydrogens (tertiary/aromatic N) is 1. The molecule has 1 unspecified atom stereocenters. The van der Waals surface area contributed by atoms with Gasteiger partial charge >= 0.3 is 0 Å². The number of hydrogen-bond donors (Lipinski definition) is 2. The van der Waals surface area contributed by atoms with Crippen molar-refractivity contribution >= 4 is 23.1 Å². The van der Waals surface area contributed by atoms with E-state index in [4.69, 9.17) is 9.47 Å². The molecule has 0 aromatic heterocycles. The molecule has 3 aromatic rings. The molecule has 168 valence electrons. The predicted molar refractivity (Wildman–Crippen MR) is 124 cm³/mol. The van der Waals surface area contributed by atoms with Crippen molar-refractivity contribution in [2.24, 2.45) is 0 Å². The minimum Gasteiger partial charge on any atom is -0.508 e. The van der Waals surface area contributed by atoms with E-state index in [0.29, 0.717) is 28.3 Å². The largest absolute Gasteiger partial charge is 0.508 e. The Morgan fingerprint density at radius 3 is 2.15 bits per heavy atom. The van der Waals surface area contributed by atoms with Crippen LogP contribution in [0.15, 0.2) is 72.3 Å². The van der Waals surface area contributed by atoms with Crippen molar-refractivity contribution in [3.63, 3.8) is 0 Å². The normalized spacial score (nSPS) is 17.3. The van der Waals surface area contributed by atoms with Crippen LogP contribution in [0.25, 0.3) is 5.76 Å². The molecule has 0 saturated carbocycles. The molecule has 1 atom stereocenters. The molecule has 7 nitrogen and oxygen atoms in total. The van der Waals surface area contributed by atoms with Crippen LogP contribution in [-0.2, 0) is 9.59 Å². The fraction of sp³-hybridized carbons (Fsp3) is 0.154. The summed E-state index contributed by atoms with van der Waals surface area (Å²) in [6.07, 6.45) is 0. The minimum atomic E-state index is -0.888. The number of amides is 1. The molecule has 3 aromatic carbocycles. The Hall–Kier alpha value is -4.26. The lowest BCUT2D eigenvalue weighted by Crippen LogP contribution is -2.29. The second-order valence-electron chi connectivity index (χ2n) is 7.64. The van der Waals surface area contributed by atoms with E-state index in [1.54, 1.807) is 61.7 Å². The van der Waals surface area contributed by atoms with Crippen molar-refractivity contribution in [3.8, 4) is 17.2 Å². The highest BCUT2D eigenvalue weighted by Gasteiger charge is 2.47. The first-order chi connectivity index (χ1) is 15.8. The Kier molecular flexibility index (Phi) is 5.79. The molecule has 0 aliphatic carbocycles. The molecule has 1 heterocycles. The van der Waals surface area contributed by atoms with Gasteiger partial charge in [0.05, 0.1) is 25.8 Å². The fourth-order valence-corrected chi connectivity index (χ4v) is 3.99. The van der Waals surface area contributed by atoms with Crippen LogP contribution in [0.5, 0.6) is 17.2 Å². The summed E-state index contributed by atoms with van der Waals surface area (Å²) in [7, 11) is 3.08. The number of aliphatic hydroxyl groups excluding tert-OH is 1. The van der Waals surface area contributed by atoms with E-state index in [0.717, 1.165) is 5.56 Å². The molecule has 33 heavy (non-hydrogen) atoms. The molecule has 1 fully saturated rings. The van der Waals surface area contributed by atoms with Crippen molar-refractivity contribution in [3.05, 3.63) is 89.0 Å². The van der Waals surface area contributed by atoms with Crippen molar-refractivity contribution in [1.29, 1.82) is 0 Å². The monoisotopic (exact) mass is 445 g/mol. The number of ether oxygens (including phenoxy) is 2. The smallest absolute Gasteiger partial charge is 0.300 e. The molecule has 0 bridgehead atoms. The van der Waals surface area contributed by atoms with Crippen molar-refractivity contribution in [1.82, 2.24) is 0 Å². The predicted octanol–water partition coefficient (Wildman–Crippen LogP) is 4.34. The number of phenolic OH excluding ortho intramolecular Hbond substituents is 1. The Morgan fingerprint density at radius 1 is 0.909 bits per heavy atom. The summed E-state index contributed by atoms with van der Waals surface area (Å²) < 4.78 is 10.5. The maximum absolute atomic E-state index is 13.2. The Bertz CT molecular complexity index is 1240. The van der Waals surface area contributed by atoms with E-state index in [1.807, 2.05) is 6.92 Å². The molecule has 0 radical (unpaired) electrons. The van der Waals surface area contributed by atoms with E-state index in [-0.39, 0.29) is 17.1 Å². The molecule has 4 rings (SSSR count). The third-order valence-corrected chi connectivity index (χ3v) is 5.67. The highest BCUT2D eigenvalue weighted by Crippen LogP contribution is 2.43. The first-order valence-electron chi connectivity index (χ1n) is 10.2. The third-order valence-electron chi connectivity index (χ3n) is 5.67. The van der Waals surface area contributed by atoms with Crippen LogP contribution in [0, 0.1) is 6.92 Å². The summed E-state index contributed by atoms with van der Waals surface area (Å²) in [6.45, 7) is 1.82. The summed E-state index contributed by atoms with van der Waals surface area (Å²) >= 11 is 0. The van der Waals surface area contributed by atoms with Crippen molar-refractivity contribution in [2.45, 2.75) is 13.0 Å². The number of methoxy groups -OCH3 is 2. The van der Waals surface area contributed by atoms with Crippen LogP contribution >= 0.6 is 0 Å². The van der Waals surface area contributed by atoms with Gasteiger partial charge in [-0.15, -0.1) is 0 Å². The van der Waals surface area contributed by atoms with Gasteiger partial charge in [0.2, 0.25) is 0 Å². The average Bonchev–Trinajstić information content (AvgIpc) is 3.09.